The topological polar surface area (TPSA) is 66.5 Å². The van der Waals surface area contributed by atoms with Crippen LogP contribution < -0.4 is 5.32 Å². The molecule has 2 N–H and O–H groups in total. The van der Waals surface area contributed by atoms with E-state index in [0.717, 1.165) is 5.39 Å². The van der Waals surface area contributed by atoms with Gasteiger partial charge in [0.05, 0.1) is 11.6 Å². The lowest BCUT2D eigenvalue weighted by Gasteiger charge is -2.11. The van der Waals surface area contributed by atoms with E-state index in [9.17, 15) is 0 Å². The molecule has 0 fully saturated rings. The quantitative estimate of drug-likeness (QED) is 0.629. The predicted molar refractivity (Wildman–Crippen MR) is 63.2 cm³/mol. The Morgan fingerprint density at radius 2 is 2.44 bits per heavy atom. The Morgan fingerprint density at radius 1 is 1.62 bits per heavy atom. The van der Waals surface area contributed by atoms with E-state index in [1.54, 1.807) is 6.20 Å². The summed E-state index contributed by atoms with van der Waals surface area (Å²) in [6.45, 7) is 1.97. The van der Waals surface area contributed by atoms with E-state index < -0.39 is 0 Å². The normalized spacial score (nSPS) is 12.3. The molecule has 2 aromatic heterocycles. The van der Waals surface area contributed by atoms with Gasteiger partial charge in [0.2, 0.25) is 5.28 Å². The van der Waals surface area contributed by atoms with Crippen LogP contribution in [-0.4, -0.2) is 26.2 Å². The van der Waals surface area contributed by atoms with Gasteiger partial charge in [-0.25, -0.2) is 0 Å². The molecule has 1 unspecified atom stereocenters. The minimum atomic E-state index is 0.120. The van der Waals surface area contributed by atoms with Crippen molar-refractivity contribution in [2.24, 2.45) is 0 Å². The van der Waals surface area contributed by atoms with Gasteiger partial charge in [-0.2, -0.15) is 15.1 Å². The van der Waals surface area contributed by atoms with Crippen molar-refractivity contribution in [2.75, 3.05) is 5.32 Å². The summed E-state index contributed by atoms with van der Waals surface area (Å²) in [5.41, 5.74) is 0.607. The third-order valence-corrected chi connectivity index (χ3v) is 2.26. The molecule has 0 aliphatic carbocycles. The van der Waals surface area contributed by atoms with Crippen molar-refractivity contribution >= 4 is 28.5 Å². The number of terminal acetylenes is 1. The van der Waals surface area contributed by atoms with E-state index in [-0.39, 0.29) is 11.3 Å². The van der Waals surface area contributed by atoms with Crippen LogP contribution in [0.25, 0.3) is 11.0 Å². The first-order valence-electron chi connectivity index (χ1n) is 4.77. The van der Waals surface area contributed by atoms with Gasteiger partial charge >= 0.3 is 0 Å². The molecule has 0 aromatic carbocycles. The number of nitrogens with zero attached hydrogens (tertiary/aromatic N) is 3. The van der Waals surface area contributed by atoms with E-state index in [4.69, 9.17) is 18.0 Å². The fourth-order valence-corrected chi connectivity index (χ4v) is 1.55. The summed E-state index contributed by atoms with van der Waals surface area (Å²) in [6, 6.07) is 0.120. The van der Waals surface area contributed by atoms with Gasteiger partial charge < -0.3 is 5.32 Å². The number of H-pyrrole nitrogens is 1. The molecule has 2 rings (SSSR count). The summed E-state index contributed by atoms with van der Waals surface area (Å²) in [7, 11) is 0. The average Bonchev–Trinajstić information content (AvgIpc) is 2.65. The maximum absolute atomic E-state index is 5.79. The molecule has 0 bridgehead atoms. The molecule has 5 nitrogen and oxygen atoms in total. The largest absolute Gasteiger partial charge is 0.366 e. The first-order chi connectivity index (χ1) is 7.70. The molecule has 1 atom stereocenters. The molecular weight excluding hydrogens is 226 g/mol. The number of hydrogen-bond acceptors (Lipinski definition) is 4. The van der Waals surface area contributed by atoms with Crippen molar-refractivity contribution in [1.82, 2.24) is 20.2 Å². The zero-order chi connectivity index (χ0) is 11.5. The summed E-state index contributed by atoms with van der Waals surface area (Å²) < 4.78 is 0. The second-order valence-corrected chi connectivity index (χ2v) is 3.77. The smallest absolute Gasteiger partial charge is 0.226 e. The maximum Gasteiger partial charge on any atom is 0.226 e. The lowest BCUT2D eigenvalue weighted by atomic mass is 10.2. The predicted octanol–water partition coefficient (Wildman–Crippen LogP) is 1.83. The highest BCUT2D eigenvalue weighted by molar-refractivity contribution is 6.28. The highest BCUT2D eigenvalue weighted by Gasteiger charge is 2.10. The summed E-state index contributed by atoms with van der Waals surface area (Å²) >= 11 is 5.79. The second-order valence-electron chi connectivity index (χ2n) is 3.43. The van der Waals surface area contributed by atoms with Gasteiger partial charge in [0.1, 0.15) is 5.82 Å². The van der Waals surface area contributed by atoms with E-state index in [2.05, 4.69) is 31.4 Å². The Bertz CT molecular complexity index is 542. The number of anilines is 1. The summed E-state index contributed by atoms with van der Waals surface area (Å²) in [4.78, 5) is 8.12. The molecule has 0 saturated heterocycles. The molecule has 0 radical (unpaired) electrons. The molecule has 6 heteroatoms. The van der Waals surface area contributed by atoms with E-state index in [0.29, 0.717) is 17.9 Å². The van der Waals surface area contributed by atoms with Crippen LogP contribution in [-0.2, 0) is 0 Å². The van der Waals surface area contributed by atoms with Crippen molar-refractivity contribution in [3.63, 3.8) is 0 Å². The molecular formula is C10H10ClN5. The minimum Gasteiger partial charge on any atom is -0.366 e. The fourth-order valence-electron chi connectivity index (χ4n) is 1.38. The van der Waals surface area contributed by atoms with Crippen LogP contribution in [0.1, 0.15) is 13.3 Å². The Kier molecular flexibility index (Phi) is 2.93. The third-order valence-electron chi connectivity index (χ3n) is 2.09. The third kappa shape index (κ3) is 2.07. The number of halogens is 1. The molecule has 0 aliphatic heterocycles. The van der Waals surface area contributed by atoms with E-state index in [1.165, 1.54) is 0 Å². The number of nitrogens with one attached hydrogen (secondary N) is 2. The number of aromatic nitrogens is 4. The van der Waals surface area contributed by atoms with Gasteiger partial charge in [-0.15, -0.1) is 12.3 Å². The Balaban J connectivity index is 2.36. The summed E-state index contributed by atoms with van der Waals surface area (Å²) in [5, 5.41) is 10.8. The SMILES string of the molecule is C#CCC(C)Nc1nc(Cl)nc2[nH]ncc12. The monoisotopic (exact) mass is 235 g/mol. The lowest BCUT2D eigenvalue weighted by molar-refractivity contribution is 0.823. The van der Waals surface area contributed by atoms with Gasteiger partial charge in [-0.3, -0.25) is 5.10 Å². The fraction of sp³-hybridized carbons (Fsp3) is 0.300. The summed E-state index contributed by atoms with van der Waals surface area (Å²) in [5.74, 6) is 3.23. The Hall–Kier alpha value is -1.80. The molecule has 2 aromatic rings. The molecule has 0 aliphatic rings. The Morgan fingerprint density at radius 3 is 3.19 bits per heavy atom. The van der Waals surface area contributed by atoms with E-state index >= 15 is 0 Å². The van der Waals surface area contributed by atoms with Crippen molar-refractivity contribution in [3.05, 3.63) is 11.5 Å². The molecule has 2 heterocycles. The summed E-state index contributed by atoms with van der Waals surface area (Å²) in [6.07, 6.45) is 7.50. The molecule has 82 valence electrons. The molecule has 0 spiro atoms. The van der Waals surface area contributed by atoms with Crippen LogP contribution in [0.5, 0.6) is 0 Å². The second kappa shape index (κ2) is 4.37. The van der Waals surface area contributed by atoms with Crippen molar-refractivity contribution < 1.29 is 0 Å². The first-order valence-corrected chi connectivity index (χ1v) is 5.15. The number of fused-ring (bicyclic) bond motifs is 1. The highest BCUT2D eigenvalue weighted by atomic mass is 35.5. The number of hydrogen-bond donors (Lipinski definition) is 2. The number of rotatable bonds is 3. The molecule has 0 amide bonds. The van der Waals surface area contributed by atoms with Crippen molar-refractivity contribution in [2.45, 2.75) is 19.4 Å². The minimum absolute atomic E-state index is 0.120. The lowest BCUT2D eigenvalue weighted by Crippen LogP contribution is -2.15. The van der Waals surface area contributed by atoms with E-state index in [1.807, 2.05) is 6.92 Å². The van der Waals surface area contributed by atoms with Crippen LogP contribution in [0.15, 0.2) is 6.20 Å². The first kappa shape index (κ1) is 10.7. The van der Waals surface area contributed by atoms with Crippen LogP contribution in [0, 0.1) is 12.3 Å². The highest BCUT2D eigenvalue weighted by Crippen LogP contribution is 2.20. The van der Waals surface area contributed by atoms with Gasteiger partial charge in [-0.1, -0.05) is 0 Å². The van der Waals surface area contributed by atoms with Crippen LogP contribution >= 0.6 is 11.6 Å². The van der Waals surface area contributed by atoms with Crippen LogP contribution in [0.3, 0.4) is 0 Å². The zero-order valence-corrected chi connectivity index (χ0v) is 9.41. The molecule has 0 saturated carbocycles. The van der Waals surface area contributed by atoms with Gasteiger partial charge in [0.15, 0.2) is 5.65 Å². The van der Waals surface area contributed by atoms with Gasteiger partial charge in [-0.05, 0) is 18.5 Å². The van der Waals surface area contributed by atoms with Crippen LogP contribution in [0.2, 0.25) is 5.28 Å². The van der Waals surface area contributed by atoms with Gasteiger partial charge in [0, 0.05) is 12.5 Å². The van der Waals surface area contributed by atoms with Gasteiger partial charge in [0.25, 0.3) is 0 Å². The van der Waals surface area contributed by atoms with Crippen molar-refractivity contribution in [3.8, 4) is 12.3 Å². The number of aromatic amines is 1. The average molecular weight is 236 g/mol. The Labute approximate surface area is 97.6 Å². The maximum atomic E-state index is 5.79. The van der Waals surface area contributed by atoms with Crippen molar-refractivity contribution in [1.29, 1.82) is 0 Å². The standard InChI is InChI=1S/C10H10ClN5/c1-3-4-6(2)13-8-7-5-12-16-9(7)15-10(11)14-8/h1,5-6H,4H2,2H3,(H2,12,13,14,15,16). The molecule has 16 heavy (non-hydrogen) atoms. The van der Waals surface area contributed by atoms with Crippen LogP contribution in [0.4, 0.5) is 5.82 Å². The zero-order valence-electron chi connectivity index (χ0n) is 8.66.